The lowest BCUT2D eigenvalue weighted by Crippen LogP contribution is -2.54. The Morgan fingerprint density at radius 1 is 1.29 bits per heavy atom. The van der Waals surface area contributed by atoms with Crippen molar-refractivity contribution in [2.24, 2.45) is 4.99 Å². The minimum atomic E-state index is -0.259. The summed E-state index contributed by atoms with van der Waals surface area (Å²) in [5, 5.41) is 6.98. The lowest BCUT2D eigenvalue weighted by atomic mass is 9.88. The van der Waals surface area contributed by atoms with Gasteiger partial charge < -0.3 is 20.3 Å². The smallest absolute Gasteiger partial charge is 0.191 e. The van der Waals surface area contributed by atoms with Gasteiger partial charge in [0.15, 0.2) is 17.6 Å². The summed E-state index contributed by atoms with van der Waals surface area (Å²) in [4.78, 5) is 13.9. The molecule has 1 atom stereocenters. The van der Waals surface area contributed by atoms with Crippen molar-refractivity contribution in [1.29, 1.82) is 0 Å². The fourth-order valence-corrected chi connectivity index (χ4v) is 4.94. The molecule has 7 nitrogen and oxygen atoms in total. The van der Waals surface area contributed by atoms with Crippen molar-refractivity contribution in [1.82, 2.24) is 20.5 Å². The lowest BCUT2D eigenvalue weighted by Gasteiger charge is -2.43. The van der Waals surface area contributed by atoms with Crippen LogP contribution < -0.4 is 15.5 Å². The molecule has 4 rings (SSSR count). The van der Waals surface area contributed by atoms with Crippen molar-refractivity contribution < 1.29 is 9.13 Å². The van der Waals surface area contributed by atoms with Gasteiger partial charge in [0.2, 0.25) is 0 Å². The predicted octanol–water partition coefficient (Wildman–Crippen LogP) is 2.62. The van der Waals surface area contributed by atoms with Gasteiger partial charge in [-0.1, -0.05) is 0 Å². The maximum absolute atomic E-state index is 14.1. The molecule has 0 radical (unpaired) electrons. The lowest BCUT2D eigenvalue weighted by molar-refractivity contribution is -0.0139. The molecule has 1 aromatic rings. The number of guanidine groups is 1. The van der Waals surface area contributed by atoms with Gasteiger partial charge in [-0.05, 0) is 64.3 Å². The standard InChI is InChI=1S/C22H35FN6O.HI/c1-2-24-21(26-17-22(8-14-30-15-9-22)29-11-3-4-12-29)27-18-7-13-28(16-18)20-19(23)6-5-10-25-20;/h5-6,10,18H,2-4,7-9,11-17H2,1H3,(H2,24,26,27);1H. The van der Waals surface area contributed by atoms with Crippen molar-refractivity contribution in [2.75, 3.05) is 57.4 Å². The fraction of sp³-hybridized carbons (Fsp3) is 0.727. The van der Waals surface area contributed by atoms with Crippen LogP contribution in [0.4, 0.5) is 10.2 Å². The molecule has 1 aromatic heterocycles. The van der Waals surface area contributed by atoms with Crippen LogP contribution in [0, 0.1) is 5.82 Å². The van der Waals surface area contributed by atoms with E-state index in [1.807, 2.05) is 4.90 Å². The summed E-state index contributed by atoms with van der Waals surface area (Å²) in [6, 6.07) is 3.33. The average molecular weight is 546 g/mol. The number of hydrogen-bond acceptors (Lipinski definition) is 5. The third kappa shape index (κ3) is 5.98. The van der Waals surface area contributed by atoms with Crippen molar-refractivity contribution in [2.45, 2.75) is 50.6 Å². The van der Waals surface area contributed by atoms with Crippen LogP contribution in [-0.4, -0.2) is 79.9 Å². The van der Waals surface area contributed by atoms with Gasteiger partial charge in [-0.15, -0.1) is 24.0 Å². The molecule has 0 amide bonds. The zero-order chi connectivity index (χ0) is 20.8. The predicted molar refractivity (Wildman–Crippen MR) is 133 cm³/mol. The summed E-state index contributed by atoms with van der Waals surface area (Å²) in [5.74, 6) is 1.04. The van der Waals surface area contributed by atoms with E-state index >= 15 is 0 Å². The van der Waals surface area contributed by atoms with Crippen LogP contribution in [0.5, 0.6) is 0 Å². The number of ether oxygens (including phenoxy) is 1. The SMILES string of the molecule is CCNC(=NCC1(N2CCCC2)CCOCC1)NC1CCN(c2ncccc2F)C1.I. The van der Waals surface area contributed by atoms with Crippen LogP contribution in [0.3, 0.4) is 0 Å². The van der Waals surface area contributed by atoms with Gasteiger partial charge in [-0.25, -0.2) is 9.37 Å². The van der Waals surface area contributed by atoms with Gasteiger partial charge in [-0.2, -0.15) is 0 Å². The number of aliphatic imine (C=N–C) groups is 1. The van der Waals surface area contributed by atoms with Gasteiger partial charge in [0.25, 0.3) is 0 Å². The molecule has 3 aliphatic rings. The molecule has 174 valence electrons. The fourth-order valence-electron chi connectivity index (χ4n) is 4.94. The molecule has 0 aliphatic carbocycles. The van der Waals surface area contributed by atoms with E-state index in [1.54, 1.807) is 12.3 Å². The minimum Gasteiger partial charge on any atom is -0.381 e. The molecule has 3 saturated heterocycles. The van der Waals surface area contributed by atoms with Crippen LogP contribution in [0.25, 0.3) is 0 Å². The number of rotatable bonds is 6. The molecular weight excluding hydrogens is 510 g/mol. The summed E-state index contributed by atoms with van der Waals surface area (Å²) in [7, 11) is 0. The number of aromatic nitrogens is 1. The molecule has 31 heavy (non-hydrogen) atoms. The molecule has 1 unspecified atom stereocenters. The number of pyridine rings is 1. The summed E-state index contributed by atoms with van der Waals surface area (Å²) < 4.78 is 19.8. The van der Waals surface area contributed by atoms with Gasteiger partial charge >= 0.3 is 0 Å². The Labute approximate surface area is 202 Å². The molecule has 0 spiro atoms. The van der Waals surface area contributed by atoms with Crippen molar-refractivity contribution in [3.63, 3.8) is 0 Å². The average Bonchev–Trinajstić information content (AvgIpc) is 3.46. The Morgan fingerprint density at radius 3 is 2.77 bits per heavy atom. The van der Waals surface area contributed by atoms with Gasteiger partial charge in [0.1, 0.15) is 0 Å². The molecular formula is C22H36FIN6O. The maximum atomic E-state index is 14.1. The third-order valence-corrected chi connectivity index (χ3v) is 6.64. The number of nitrogens with one attached hydrogen (secondary N) is 2. The first-order valence-electron chi connectivity index (χ1n) is 11.4. The second-order valence-electron chi connectivity index (χ2n) is 8.61. The zero-order valence-corrected chi connectivity index (χ0v) is 20.8. The highest BCUT2D eigenvalue weighted by molar-refractivity contribution is 14.0. The summed E-state index contributed by atoms with van der Waals surface area (Å²) in [5.41, 5.74) is 0.121. The quantitative estimate of drug-likeness (QED) is 0.325. The van der Waals surface area contributed by atoms with Gasteiger partial charge in [0.05, 0.1) is 6.54 Å². The monoisotopic (exact) mass is 546 g/mol. The topological polar surface area (TPSA) is 65.0 Å². The van der Waals surface area contributed by atoms with E-state index in [-0.39, 0.29) is 41.4 Å². The highest BCUT2D eigenvalue weighted by atomic mass is 127. The normalized spacial score (nSPS) is 24.1. The Bertz CT molecular complexity index is 724. The largest absolute Gasteiger partial charge is 0.381 e. The van der Waals surface area contributed by atoms with E-state index in [4.69, 9.17) is 9.73 Å². The molecule has 3 fully saturated rings. The van der Waals surface area contributed by atoms with Crippen LogP contribution in [0.1, 0.15) is 39.0 Å². The van der Waals surface area contributed by atoms with Crippen LogP contribution in [0.15, 0.2) is 23.3 Å². The Hall–Kier alpha value is -1.20. The molecule has 0 aromatic carbocycles. The van der Waals surface area contributed by atoms with Crippen LogP contribution in [0.2, 0.25) is 0 Å². The highest BCUT2D eigenvalue weighted by Crippen LogP contribution is 2.31. The number of hydrogen-bond donors (Lipinski definition) is 2. The molecule has 0 bridgehead atoms. The first-order chi connectivity index (χ1) is 14.7. The van der Waals surface area contributed by atoms with E-state index < -0.39 is 0 Å². The van der Waals surface area contributed by atoms with Crippen molar-refractivity contribution in [3.05, 3.63) is 24.1 Å². The first kappa shape index (κ1) is 24.4. The van der Waals surface area contributed by atoms with Crippen LogP contribution in [-0.2, 0) is 4.74 Å². The second-order valence-corrected chi connectivity index (χ2v) is 8.61. The Kier molecular flexibility index (Phi) is 9.15. The van der Waals surface area contributed by atoms with E-state index in [0.29, 0.717) is 5.82 Å². The van der Waals surface area contributed by atoms with Crippen molar-refractivity contribution >= 4 is 35.8 Å². The maximum Gasteiger partial charge on any atom is 0.191 e. The third-order valence-electron chi connectivity index (χ3n) is 6.64. The molecule has 0 saturated carbocycles. The molecule has 9 heteroatoms. The van der Waals surface area contributed by atoms with E-state index in [9.17, 15) is 4.39 Å². The first-order valence-corrected chi connectivity index (χ1v) is 11.4. The number of anilines is 1. The van der Waals surface area contributed by atoms with Gasteiger partial charge in [0, 0.05) is 50.6 Å². The Morgan fingerprint density at radius 2 is 2.06 bits per heavy atom. The van der Waals surface area contributed by atoms with Crippen LogP contribution >= 0.6 is 24.0 Å². The minimum absolute atomic E-state index is 0. The molecule has 3 aliphatic heterocycles. The number of halogens is 2. The van der Waals surface area contributed by atoms with Crippen molar-refractivity contribution in [3.8, 4) is 0 Å². The second kappa shape index (κ2) is 11.6. The summed E-state index contributed by atoms with van der Waals surface area (Å²) >= 11 is 0. The molecule has 4 heterocycles. The summed E-state index contributed by atoms with van der Waals surface area (Å²) in [6.07, 6.45) is 7.25. The van der Waals surface area contributed by atoms with E-state index in [2.05, 4.69) is 27.4 Å². The summed E-state index contributed by atoms with van der Waals surface area (Å²) in [6.45, 7) is 9.20. The van der Waals surface area contributed by atoms with Gasteiger partial charge in [-0.3, -0.25) is 9.89 Å². The number of likely N-dealkylation sites (tertiary alicyclic amines) is 1. The Balaban J connectivity index is 0.00000272. The van der Waals surface area contributed by atoms with E-state index in [0.717, 1.165) is 64.6 Å². The molecule has 2 N–H and O–H groups in total. The highest BCUT2D eigenvalue weighted by Gasteiger charge is 2.39. The van der Waals surface area contributed by atoms with E-state index in [1.165, 1.54) is 32.0 Å². The zero-order valence-electron chi connectivity index (χ0n) is 18.5. The number of nitrogens with zero attached hydrogens (tertiary/aromatic N) is 4.